The van der Waals surface area contributed by atoms with E-state index in [1.807, 2.05) is 78.9 Å². The van der Waals surface area contributed by atoms with Crippen LogP contribution in [-0.4, -0.2) is 15.9 Å². The average molecular weight is 422 g/mol. The maximum atomic E-state index is 13.6. The summed E-state index contributed by atoms with van der Waals surface area (Å²) >= 11 is 0. The molecule has 1 aromatic heterocycles. The predicted octanol–water partition coefficient (Wildman–Crippen LogP) is 6.41. The number of nitrogens with zero attached hydrogens (tertiary/aromatic N) is 1. The first kappa shape index (κ1) is 20.3. The van der Waals surface area contributed by atoms with Crippen LogP contribution in [0.4, 0.5) is 0 Å². The highest BCUT2D eigenvalue weighted by atomic mass is 16.2. The Morgan fingerprint density at radius 3 is 2.00 bits per heavy atom. The fraction of sp³-hybridized carbons (Fsp3) is 0.214. The minimum absolute atomic E-state index is 0.00158. The molecule has 1 fully saturated rings. The summed E-state index contributed by atoms with van der Waals surface area (Å²) in [4.78, 5) is 21.8. The molecule has 1 saturated carbocycles. The molecule has 0 spiro atoms. The monoisotopic (exact) mass is 421 g/mol. The Kier molecular flexibility index (Phi) is 5.84. The second kappa shape index (κ2) is 9.23. The molecular formula is C28H27N3O. The van der Waals surface area contributed by atoms with E-state index < -0.39 is 0 Å². The van der Waals surface area contributed by atoms with Crippen molar-refractivity contribution in [3.63, 3.8) is 0 Å². The Morgan fingerprint density at radius 1 is 0.812 bits per heavy atom. The first-order valence-electron chi connectivity index (χ1n) is 11.4. The van der Waals surface area contributed by atoms with Gasteiger partial charge in [-0.25, -0.2) is 4.98 Å². The van der Waals surface area contributed by atoms with Crippen LogP contribution in [0.15, 0.2) is 91.0 Å². The van der Waals surface area contributed by atoms with E-state index in [-0.39, 0.29) is 11.9 Å². The maximum absolute atomic E-state index is 13.6. The molecule has 4 heteroatoms. The van der Waals surface area contributed by atoms with E-state index in [2.05, 4.69) is 22.4 Å². The second-order valence-corrected chi connectivity index (χ2v) is 8.45. The number of carbonyl (C=O) groups is 1. The number of imidazole rings is 1. The molecule has 0 bridgehead atoms. The van der Waals surface area contributed by atoms with Gasteiger partial charge in [0, 0.05) is 11.1 Å². The lowest BCUT2D eigenvalue weighted by Crippen LogP contribution is -2.33. The molecule has 160 valence electrons. The van der Waals surface area contributed by atoms with E-state index in [4.69, 9.17) is 4.98 Å². The number of carbonyl (C=O) groups excluding carboxylic acids is 1. The van der Waals surface area contributed by atoms with Crippen LogP contribution >= 0.6 is 0 Å². The molecule has 3 aromatic carbocycles. The fourth-order valence-corrected chi connectivity index (χ4v) is 4.71. The van der Waals surface area contributed by atoms with E-state index in [1.165, 1.54) is 12.8 Å². The van der Waals surface area contributed by atoms with Gasteiger partial charge in [0.15, 0.2) is 0 Å². The number of benzene rings is 3. The summed E-state index contributed by atoms with van der Waals surface area (Å²) in [6.45, 7) is 0. The van der Waals surface area contributed by atoms with Crippen LogP contribution in [0.1, 0.15) is 47.8 Å². The smallest absolute Gasteiger partial charge is 0.270 e. The Hall–Kier alpha value is -3.66. The van der Waals surface area contributed by atoms with Crippen LogP contribution in [0.2, 0.25) is 0 Å². The Labute approximate surface area is 188 Å². The minimum atomic E-state index is -0.112. The lowest BCUT2D eigenvalue weighted by molar-refractivity contribution is 0.0918. The third kappa shape index (κ3) is 4.22. The summed E-state index contributed by atoms with van der Waals surface area (Å²) in [7, 11) is 0. The lowest BCUT2D eigenvalue weighted by Gasteiger charge is -2.25. The summed E-state index contributed by atoms with van der Waals surface area (Å²) in [5.41, 5.74) is 4.23. The number of amides is 1. The van der Waals surface area contributed by atoms with Gasteiger partial charge in [-0.05, 0) is 24.3 Å². The van der Waals surface area contributed by atoms with Gasteiger partial charge in [0.1, 0.15) is 17.2 Å². The van der Waals surface area contributed by atoms with Crippen LogP contribution in [0, 0.1) is 5.92 Å². The molecule has 1 heterocycles. The van der Waals surface area contributed by atoms with Crippen molar-refractivity contribution < 1.29 is 4.79 Å². The molecule has 0 aliphatic heterocycles. The molecule has 1 aliphatic rings. The highest BCUT2D eigenvalue weighted by Gasteiger charge is 2.29. The van der Waals surface area contributed by atoms with Crippen molar-refractivity contribution in [3.05, 3.63) is 102 Å². The normalized spacial score (nSPS) is 14.9. The quantitative estimate of drug-likeness (QED) is 0.378. The molecule has 1 amide bonds. The van der Waals surface area contributed by atoms with Gasteiger partial charge in [-0.15, -0.1) is 0 Å². The molecule has 4 nitrogen and oxygen atoms in total. The van der Waals surface area contributed by atoms with Crippen molar-refractivity contribution in [2.75, 3.05) is 0 Å². The number of H-pyrrole nitrogens is 1. The molecule has 1 aliphatic carbocycles. The standard InChI is InChI=1S/C28H27N3O/c32-28(31-24(21-16-10-11-17-21)20-12-4-1-5-13-20)26-25(22-14-6-2-7-15-22)29-27(30-26)23-18-8-3-9-19-23/h1-9,12-15,18-19,21,24H,10-11,16-17H2,(H,29,30)(H,31,32). The van der Waals surface area contributed by atoms with Gasteiger partial charge in [-0.1, -0.05) is 104 Å². The summed E-state index contributed by atoms with van der Waals surface area (Å²) < 4.78 is 0. The minimum Gasteiger partial charge on any atom is -0.344 e. The van der Waals surface area contributed by atoms with Crippen molar-refractivity contribution in [2.24, 2.45) is 5.92 Å². The van der Waals surface area contributed by atoms with Crippen LogP contribution < -0.4 is 5.32 Å². The van der Waals surface area contributed by atoms with Crippen LogP contribution in [0.3, 0.4) is 0 Å². The van der Waals surface area contributed by atoms with Crippen molar-refractivity contribution >= 4 is 5.91 Å². The summed E-state index contributed by atoms with van der Waals surface area (Å²) in [6.07, 6.45) is 4.73. The topological polar surface area (TPSA) is 57.8 Å². The van der Waals surface area contributed by atoms with E-state index in [1.54, 1.807) is 0 Å². The zero-order valence-electron chi connectivity index (χ0n) is 18.0. The van der Waals surface area contributed by atoms with Gasteiger partial charge in [0.05, 0.1) is 6.04 Å². The molecule has 0 radical (unpaired) electrons. The highest BCUT2D eigenvalue weighted by molar-refractivity contribution is 5.99. The molecule has 0 saturated heterocycles. The zero-order valence-corrected chi connectivity index (χ0v) is 18.0. The van der Waals surface area contributed by atoms with Gasteiger partial charge in [-0.3, -0.25) is 4.79 Å². The molecule has 32 heavy (non-hydrogen) atoms. The summed E-state index contributed by atoms with van der Waals surface area (Å²) in [5, 5.41) is 3.36. The summed E-state index contributed by atoms with van der Waals surface area (Å²) in [5.74, 6) is 1.05. The second-order valence-electron chi connectivity index (χ2n) is 8.45. The average Bonchev–Trinajstić information content (AvgIpc) is 3.55. The number of aromatic amines is 1. The number of hydrogen-bond donors (Lipinski definition) is 2. The van der Waals surface area contributed by atoms with Gasteiger partial charge in [0.25, 0.3) is 5.91 Å². The molecule has 5 rings (SSSR count). The molecule has 4 aromatic rings. The third-order valence-corrected chi connectivity index (χ3v) is 6.34. The third-order valence-electron chi connectivity index (χ3n) is 6.34. The maximum Gasteiger partial charge on any atom is 0.270 e. The van der Waals surface area contributed by atoms with Crippen molar-refractivity contribution in [1.29, 1.82) is 0 Å². The largest absolute Gasteiger partial charge is 0.344 e. The number of rotatable bonds is 6. The number of hydrogen-bond acceptors (Lipinski definition) is 2. The van der Waals surface area contributed by atoms with Crippen molar-refractivity contribution in [2.45, 2.75) is 31.7 Å². The van der Waals surface area contributed by atoms with E-state index >= 15 is 0 Å². The van der Waals surface area contributed by atoms with Gasteiger partial charge >= 0.3 is 0 Å². The molecule has 1 unspecified atom stereocenters. The first-order valence-corrected chi connectivity index (χ1v) is 11.4. The molecular weight excluding hydrogens is 394 g/mol. The van der Waals surface area contributed by atoms with Crippen LogP contribution in [0.5, 0.6) is 0 Å². The zero-order chi connectivity index (χ0) is 21.8. The van der Waals surface area contributed by atoms with Crippen molar-refractivity contribution in [1.82, 2.24) is 15.3 Å². The van der Waals surface area contributed by atoms with E-state index in [0.717, 1.165) is 29.5 Å². The molecule has 1 atom stereocenters. The Balaban J connectivity index is 1.52. The van der Waals surface area contributed by atoms with Crippen LogP contribution in [-0.2, 0) is 0 Å². The van der Waals surface area contributed by atoms with E-state index in [0.29, 0.717) is 23.1 Å². The number of nitrogens with one attached hydrogen (secondary N) is 2. The Morgan fingerprint density at radius 2 is 1.38 bits per heavy atom. The van der Waals surface area contributed by atoms with Gasteiger partial charge in [-0.2, -0.15) is 0 Å². The molecule has 2 N–H and O–H groups in total. The van der Waals surface area contributed by atoms with Gasteiger partial charge in [0.2, 0.25) is 0 Å². The predicted molar refractivity (Wildman–Crippen MR) is 128 cm³/mol. The van der Waals surface area contributed by atoms with Crippen LogP contribution in [0.25, 0.3) is 22.6 Å². The van der Waals surface area contributed by atoms with E-state index in [9.17, 15) is 4.79 Å². The number of aromatic nitrogens is 2. The van der Waals surface area contributed by atoms with Gasteiger partial charge < -0.3 is 10.3 Å². The van der Waals surface area contributed by atoms with Crippen molar-refractivity contribution in [3.8, 4) is 22.6 Å². The fourth-order valence-electron chi connectivity index (χ4n) is 4.71. The Bertz CT molecular complexity index is 1160. The lowest BCUT2D eigenvalue weighted by atomic mass is 9.91. The highest BCUT2D eigenvalue weighted by Crippen LogP contribution is 2.36. The first-order chi connectivity index (χ1) is 15.8. The SMILES string of the molecule is O=C(NC(c1ccccc1)C1CCCC1)c1[nH]c(-c2ccccc2)nc1-c1ccccc1. The summed E-state index contributed by atoms with van der Waals surface area (Å²) in [6, 6.07) is 30.2.